The zero-order valence-corrected chi connectivity index (χ0v) is 7.11. The maximum Gasteiger partial charge on any atom is 0.228 e. The van der Waals surface area contributed by atoms with Gasteiger partial charge in [0, 0.05) is 0 Å². The van der Waals surface area contributed by atoms with Crippen LogP contribution in [-0.2, 0) is 0 Å². The van der Waals surface area contributed by atoms with E-state index in [-0.39, 0.29) is 6.61 Å². The smallest absolute Gasteiger partial charge is 0.228 e. The number of hydrogen-bond donors (Lipinski definition) is 1. The van der Waals surface area contributed by atoms with Crippen LogP contribution in [0.25, 0.3) is 6.08 Å². The van der Waals surface area contributed by atoms with Crippen molar-refractivity contribution in [2.24, 2.45) is 0 Å². The number of alkyl halides is 1. The third-order valence-electron chi connectivity index (χ3n) is 1.52. The van der Waals surface area contributed by atoms with Crippen molar-refractivity contribution in [2.75, 3.05) is 13.5 Å². The van der Waals surface area contributed by atoms with E-state index in [2.05, 4.69) is 4.74 Å². The molecule has 70 valence electrons. The first-order valence-corrected chi connectivity index (χ1v) is 3.93. The Morgan fingerprint density at radius 2 is 2.00 bits per heavy atom. The van der Waals surface area contributed by atoms with Gasteiger partial charge in [0.25, 0.3) is 0 Å². The molecule has 0 bridgehead atoms. The zero-order chi connectivity index (χ0) is 9.52. The van der Waals surface area contributed by atoms with Gasteiger partial charge in [-0.25, -0.2) is 4.39 Å². The van der Waals surface area contributed by atoms with E-state index in [1.807, 2.05) is 0 Å². The SMILES string of the molecule is OC/C=C/c1ccc(OCF)cc1. The predicted octanol–water partition coefficient (Wildman–Crippen LogP) is 2.00. The second kappa shape index (κ2) is 5.32. The van der Waals surface area contributed by atoms with Crippen molar-refractivity contribution in [3.05, 3.63) is 35.9 Å². The summed E-state index contributed by atoms with van der Waals surface area (Å²) in [6.07, 6.45) is 3.41. The van der Waals surface area contributed by atoms with E-state index < -0.39 is 6.86 Å². The van der Waals surface area contributed by atoms with Crippen molar-refractivity contribution in [3.8, 4) is 5.75 Å². The fourth-order valence-corrected chi connectivity index (χ4v) is 0.927. The molecule has 0 aliphatic rings. The molecule has 0 aliphatic carbocycles. The summed E-state index contributed by atoms with van der Waals surface area (Å²) in [7, 11) is 0. The number of halogens is 1. The molecule has 0 unspecified atom stereocenters. The Balaban J connectivity index is 2.64. The van der Waals surface area contributed by atoms with Gasteiger partial charge in [-0.2, -0.15) is 0 Å². The van der Waals surface area contributed by atoms with Crippen molar-refractivity contribution in [1.82, 2.24) is 0 Å². The Labute approximate surface area is 76.3 Å². The van der Waals surface area contributed by atoms with Crippen LogP contribution in [0.15, 0.2) is 30.3 Å². The van der Waals surface area contributed by atoms with Crippen LogP contribution in [0.5, 0.6) is 5.75 Å². The Bertz CT molecular complexity index is 267. The van der Waals surface area contributed by atoms with Crippen LogP contribution < -0.4 is 4.74 Å². The minimum atomic E-state index is -0.814. The lowest BCUT2D eigenvalue weighted by Gasteiger charge is -2.00. The van der Waals surface area contributed by atoms with Gasteiger partial charge in [0.2, 0.25) is 6.86 Å². The maximum absolute atomic E-state index is 11.7. The van der Waals surface area contributed by atoms with Crippen LogP contribution in [0.4, 0.5) is 4.39 Å². The summed E-state index contributed by atoms with van der Waals surface area (Å²) in [5.41, 5.74) is 0.945. The van der Waals surface area contributed by atoms with E-state index >= 15 is 0 Å². The van der Waals surface area contributed by atoms with Crippen LogP contribution in [0.1, 0.15) is 5.56 Å². The second-order valence-corrected chi connectivity index (χ2v) is 2.41. The molecule has 0 atom stereocenters. The molecule has 1 N–H and O–H groups in total. The largest absolute Gasteiger partial charge is 0.463 e. The van der Waals surface area contributed by atoms with E-state index in [0.29, 0.717) is 5.75 Å². The normalized spacial score (nSPS) is 10.6. The molecule has 0 saturated carbocycles. The molecule has 0 spiro atoms. The lowest BCUT2D eigenvalue weighted by atomic mass is 10.2. The third kappa shape index (κ3) is 3.25. The molecule has 0 aliphatic heterocycles. The highest BCUT2D eigenvalue weighted by Gasteiger charge is 1.91. The molecule has 1 aromatic carbocycles. The number of aliphatic hydroxyl groups excluding tert-OH is 1. The monoisotopic (exact) mass is 182 g/mol. The van der Waals surface area contributed by atoms with Crippen LogP contribution in [0.2, 0.25) is 0 Å². The van der Waals surface area contributed by atoms with Crippen molar-refractivity contribution in [2.45, 2.75) is 0 Å². The van der Waals surface area contributed by atoms with E-state index in [1.54, 1.807) is 36.4 Å². The fraction of sp³-hybridized carbons (Fsp3) is 0.200. The molecule has 0 heterocycles. The molecule has 3 heteroatoms. The standard InChI is InChI=1S/C10H11FO2/c11-8-13-10-5-3-9(4-6-10)2-1-7-12/h1-6,12H,7-8H2/b2-1+. The van der Waals surface area contributed by atoms with Gasteiger partial charge in [0.05, 0.1) is 6.61 Å². The van der Waals surface area contributed by atoms with Gasteiger partial charge >= 0.3 is 0 Å². The van der Waals surface area contributed by atoms with Crippen molar-refractivity contribution in [1.29, 1.82) is 0 Å². The minimum absolute atomic E-state index is 0.0166. The predicted molar refractivity (Wildman–Crippen MR) is 49.2 cm³/mol. The number of ether oxygens (including phenoxy) is 1. The summed E-state index contributed by atoms with van der Waals surface area (Å²) in [5.74, 6) is 0.503. The highest BCUT2D eigenvalue weighted by Crippen LogP contribution is 2.12. The highest BCUT2D eigenvalue weighted by molar-refractivity contribution is 5.50. The first-order chi connectivity index (χ1) is 6.36. The van der Waals surface area contributed by atoms with E-state index in [0.717, 1.165) is 5.56 Å². The highest BCUT2D eigenvalue weighted by atomic mass is 19.1. The summed E-state index contributed by atoms with van der Waals surface area (Å²) in [6, 6.07) is 6.93. The summed E-state index contributed by atoms with van der Waals surface area (Å²) >= 11 is 0. The minimum Gasteiger partial charge on any atom is -0.463 e. The number of rotatable bonds is 4. The van der Waals surface area contributed by atoms with Gasteiger partial charge in [-0.1, -0.05) is 24.3 Å². The first-order valence-electron chi connectivity index (χ1n) is 3.93. The lowest BCUT2D eigenvalue weighted by Crippen LogP contribution is -1.88. The molecule has 0 fully saturated rings. The Hall–Kier alpha value is -1.35. The number of aliphatic hydroxyl groups is 1. The average molecular weight is 182 g/mol. The van der Waals surface area contributed by atoms with Gasteiger partial charge < -0.3 is 9.84 Å². The lowest BCUT2D eigenvalue weighted by molar-refractivity contribution is 0.192. The van der Waals surface area contributed by atoms with Crippen LogP contribution in [0, 0.1) is 0 Å². The van der Waals surface area contributed by atoms with Gasteiger partial charge in [-0.3, -0.25) is 0 Å². The molecular weight excluding hydrogens is 171 g/mol. The van der Waals surface area contributed by atoms with E-state index in [9.17, 15) is 4.39 Å². The quantitative estimate of drug-likeness (QED) is 0.771. The molecule has 13 heavy (non-hydrogen) atoms. The van der Waals surface area contributed by atoms with Gasteiger partial charge in [-0.15, -0.1) is 0 Å². The summed E-state index contributed by atoms with van der Waals surface area (Å²) < 4.78 is 16.3. The summed E-state index contributed by atoms with van der Waals surface area (Å²) in [4.78, 5) is 0. The number of benzene rings is 1. The van der Waals surface area contributed by atoms with Crippen molar-refractivity contribution >= 4 is 6.08 Å². The van der Waals surface area contributed by atoms with E-state index in [4.69, 9.17) is 5.11 Å². The zero-order valence-electron chi connectivity index (χ0n) is 7.11. The molecule has 0 amide bonds. The summed E-state index contributed by atoms with van der Waals surface area (Å²) in [6.45, 7) is -0.797. The molecule has 0 saturated heterocycles. The summed E-state index contributed by atoms with van der Waals surface area (Å²) in [5, 5.41) is 8.51. The van der Waals surface area contributed by atoms with Crippen LogP contribution in [-0.4, -0.2) is 18.6 Å². The number of hydrogen-bond acceptors (Lipinski definition) is 2. The first kappa shape index (κ1) is 9.74. The van der Waals surface area contributed by atoms with Gasteiger partial charge in [0.15, 0.2) is 0 Å². The Kier molecular flexibility index (Phi) is 3.99. The molecule has 0 aromatic heterocycles. The van der Waals surface area contributed by atoms with Crippen molar-refractivity contribution < 1.29 is 14.2 Å². The maximum atomic E-state index is 11.7. The molecular formula is C10H11FO2. The van der Waals surface area contributed by atoms with Crippen LogP contribution in [0.3, 0.4) is 0 Å². The third-order valence-corrected chi connectivity index (χ3v) is 1.52. The van der Waals surface area contributed by atoms with E-state index in [1.165, 1.54) is 0 Å². The van der Waals surface area contributed by atoms with Crippen LogP contribution >= 0.6 is 0 Å². The second-order valence-electron chi connectivity index (χ2n) is 2.41. The fourth-order valence-electron chi connectivity index (χ4n) is 0.927. The van der Waals surface area contributed by atoms with Gasteiger partial charge in [-0.05, 0) is 17.7 Å². The van der Waals surface area contributed by atoms with Crippen molar-refractivity contribution in [3.63, 3.8) is 0 Å². The Morgan fingerprint density at radius 3 is 2.54 bits per heavy atom. The molecule has 2 nitrogen and oxygen atoms in total. The topological polar surface area (TPSA) is 29.5 Å². The van der Waals surface area contributed by atoms with Gasteiger partial charge in [0.1, 0.15) is 5.75 Å². The Morgan fingerprint density at radius 1 is 1.31 bits per heavy atom. The molecule has 1 rings (SSSR count). The molecule has 1 aromatic rings. The average Bonchev–Trinajstić information content (AvgIpc) is 2.17. The molecule has 0 radical (unpaired) electrons.